The Morgan fingerprint density at radius 1 is 0.432 bits per heavy atom. The highest BCUT2D eigenvalue weighted by molar-refractivity contribution is 6.23. The molecule has 2 heterocycles. The number of H-pyrrole nitrogens is 1. The molecule has 8 aromatic rings. The Morgan fingerprint density at radius 2 is 0.946 bits per heavy atom. The van der Waals surface area contributed by atoms with Crippen LogP contribution in [0.15, 0.2) is 134 Å². The van der Waals surface area contributed by atoms with E-state index >= 15 is 0 Å². The standard InChI is InChI=1S/C35H22N2/c1-3-15-25-23(11-1)13-9-19-27(25)32-29-17-5-6-18-30(29)33(28-20-10-14-24-12-2-4-16-26(24)28)35-34(32)36-31-21-7-8-22-37(31)35/h1-22H/p+1. The highest BCUT2D eigenvalue weighted by Crippen LogP contribution is 2.45. The molecule has 37 heavy (non-hydrogen) atoms. The van der Waals surface area contributed by atoms with Gasteiger partial charge in [-0.05, 0) is 49.5 Å². The van der Waals surface area contributed by atoms with Crippen LogP contribution in [0.5, 0.6) is 0 Å². The van der Waals surface area contributed by atoms with Crippen LogP contribution >= 0.6 is 0 Å². The Morgan fingerprint density at radius 3 is 1.62 bits per heavy atom. The molecule has 172 valence electrons. The molecule has 0 saturated carbocycles. The Balaban J connectivity index is 1.65. The molecule has 0 atom stereocenters. The lowest BCUT2D eigenvalue weighted by Crippen LogP contribution is -2.19. The van der Waals surface area contributed by atoms with E-state index < -0.39 is 0 Å². The normalized spacial score (nSPS) is 11.8. The highest BCUT2D eigenvalue weighted by Gasteiger charge is 2.26. The summed E-state index contributed by atoms with van der Waals surface area (Å²) in [6.07, 6.45) is 2.17. The second kappa shape index (κ2) is 7.78. The number of hydrogen-bond donors (Lipinski definition) is 1. The number of rotatable bonds is 2. The predicted octanol–water partition coefficient (Wildman–Crippen LogP) is 8.70. The van der Waals surface area contributed by atoms with Gasteiger partial charge in [-0.15, -0.1) is 0 Å². The molecule has 0 aliphatic carbocycles. The summed E-state index contributed by atoms with van der Waals surface area (Å²) in [5, 5.41) is 7.53. The van der Waals surface area contributed by atoms with E-state index in [1.54, 1.807) is 0 Å². The SMILES string of the molecule is c1ccc2c(-c3c4ccccc4c(-c4cccc5ccccc45)c4c3[nH]c3cccc[n+]34)cccc2c1. The number of aromatic amines is 1. The molecule has 0 fully saturated rings. The third-order valence-corrected chi connectivity index (χ3v) is 7.66. The molecule has 2 nitrogen and oxygen atoms in total. The molecule has 8 rings (SSSR count). The van der Waals surface area contributed by atoms with Crippen molar-refractivity contribution in [1.82, 2.24) is 4.98 Å². The molecule has 0 amide bonds. The van der Waals surface area contributed by atoms with Gasteiger partial charge in [0.05, 0.1) is 6.20 Å². The first kappa shape index (κ1) is 20.3. The molecule has 0 aliphatic heterocycles. The number of imidazole rings is 1. The molecule has 0 spiro atoms. The molecular formula is C35H23N2+. The van der Waals surface area contributed by atoms with Crippen LogP contribution in [0, 0.1) is 0 Å². The zero-order valence-corrected chi connectivity index (χ0v) is 20.1. The number of nitrogens with one attached hydrogen (secondary N) is 1. The van der Waals surface area contributed by atoms with Gasteiger partial charge in [-0.25, -0.2) is 4.98 Å². The highest BCUT2D eigenvalue weighted by atomic mass is 15.0. The minimum absolute atomic E-state index is 1.08. The van der Waals surface area contributed by atoms with Crippen LogP contribution in [0.25, 0.3) is 71.3 Å². The van der Waals surface area contributed by atoms with Gasteiger partial charge in [0.2, 0.25) is 0 Å². The lowest BCUT2D eigenvalue weighted by atomic mass is 9.87. The third kappa shape index (κ3) is 2.90. The summed E-state index contributed by atoms with van der Waals surface area (Å²) >= 11 is 0. The zero-order valence-electron chi connectivity index (χ0n) is 20.1. The van der Waals surface area contributed by atoms with Crippen molar-refractivity contribution < 1.29 is 4.40 Å². The third-order valence-electron chi connectivity index (χ3n) is 7.66. The molecule has 0 bridgehead atoms. The quantitative estimate of drug-likeness (QED) is 0.243. The van der Waals surface area contributed by atoms with Gasteiger partial charge in [-0.3, -0.25) is 0 Å². The van der Waals surface area contributed by atoms with Crippen molar-refractivity contribution in [3.8, 4) is 22.3 Å². The number of benzene rings is 6. The molecule has 0 saturated heterocycles. The van der Waals surface area contributed by atoms with E-state index in [4.69, 9.17) is 0 Å². The summed E-state index contributed by atoms with van der Waals surface area (Å²) in [5.74, 6) is 0. The van der Waals surface area contributed by atoms with Gasteiger partial charge in [0, 0.05) is 17.2 Å². The second-order valence-electron chi connectivity index (χ2n) is 9.65. The van der Waals surface area contributed by atoms with E-state index in [9.17, 15) is 0 Å². The molecule has 1 N–H and O–H groups in total. The smallest absolute Gasteiger partial charge is 0.236 e. The van der Waals surface area contributed by atoms with Crippen molar-refractivity contribution >= 4 is 49.0 Å². The average molecular weight is 472 g/mol. The maximum atomic E-state index is 3.82. The largest absolute Gasteiger partial charge is 0.284 e. The Kier molecular flexibility index (Phi) is 4.26. The number of aromatic nitrogens is 2. The van der Waals surface area contributed by atoms with Crippen molar-refractivity contribution in [2.45, 2.75) is 0 Å². The van der Waals surface area contributed by atoms with Crippen molar-refractivity contribution in [1.29, 1.82) is 0 Å². The van der Waals surface area contributed by atoms with E-state index in [2.05, 4.69) is 143 Å². The van der Waals surface area contributed by atoms with E-state index in [1.165, 1.54) is 60.1 Å². The number of hydrogen-bond acceptors (Lipinski definition) is 0. The van der Waals surface area contributed by atoms with Gasteiger partial charge >= 0.3 is 0 Å². The molecule has 2 heteroatoms. The molecular weight excluding hydrogens is 448 g/mol. The van der Waals surface area contributed by atoms with E-state index in [-0.39, 0.29) is 0 Å². The number of nitrogens with zero attached hydrogens (tertiary/aromatic N) is 1. The van der Waals surface area contributed by atoms with Crippen LogP contribution < -0.4 is 4.40 Å². The van der Waals surface area contributed by atoms with Gasteiger partial charge in [0.25, 0.3) is 5.65 Å². The fourth-order valence-corrected chi connectivity index (χ4v) is 6.09. The van der Waals surface area contributed by atoms with Crippen LogP contribution in [-0.2, 0) is 0 Å². The fourth-order valence-electron chi connectivity index (χ4n) is 6.09. The van der Waals surface area contributed by atoms with Crippen LogP contribution in [0.3, 0.4) is 0 Å². The fraction of sp³-hybridized carbons (Fsp3) is 0. The number of fused-ring (bicyclic) bond motifs is 6. The molecule has 2 aromatic heterocycles. The summed E-state index contributed by atoms with van der Waals surface area (Å²) in [6.45, 7) is 0. The first-order valence-electron chi connectivity index (χ1n) is 12.7. The first-order chi connectivity index (χ1) is 18.4. The van der Waals surface area contributed by atoms with Gasteiger partial charge < -0.3 is 0 Å². The summed E-state index contributed by atoms with van der Waals surface area (Å²) in [4.78, 5) is 3.82. The molecule has 0 radical (unpaired) electrons. The van der Waals surface area contributed by atoms with Gasteiger partial charge in [-0.1, -0.05) is 115 Å². The molecule has 0 aliphatic rings. The van der Waals surface area contributed by atoms with Crippen molar-refractivity contribution in [2.75, 3.05) is 0 Å². The maximum absolute atomic E-state index is 3.82. The summed E-state index contributed by atoms with van der Waals surface area (Å²) in [7, 11) is 0. The Hall–Kier alpha value is -4.95. The minimum atomic E-state index is 1.08. The minimum Gasteiger partial charge on any atom is -0.236 e. The average Bonchev–Trinajstić information content (AvgIpc) is 3.34. The molecule has 0 unspecified atom stereocenters. The van der Waals surface area contributed by atoms with Gasteiger partial charge in [-0.2, -0.15) is 4.40 Å². The van der Waals surface area contributed by atoms with Crippen LogP contribution in [0.1, 0.15) is 0 Å². The number of pyridine rings is 1. The van der Waals surface area contributed by atoms with Crippen LogP contribution in [0.2, 0.25) is 0 Å². The van der Waals surface area contributed by atoms with Crippen LogP contribution in [-0.4, -0.2) is 4.98 Å². The summed E-state index contributed by atoms with van der Waals surface area (Å²) in [6, 6.07) is 45.9. The second-order valence-corrected chi connectivity index (χ2v) is 9.65. The lowest BCUT2D eigenvalue weighted by Gasteiger charge is -2.15. The Bertz CT molecular complexity index is 2140. The summed E-state index contributed by atoms with van der Waals surface area (Å²) in [5.41, 5.74) is 8.44. The predicted molar refractivity (Wildman–Crippen MR) is 155 cm³/mol. The summed E-state index contributed by atoms with van der Waals surface area (Å²) < 4.78 is 2.31. The first-order valence-corrected chi connectivity index (χ1v) is 12.7. The zero-order chi connectivity index (χ0) is 24.3. The van der Waals surface area contributed by atoms with Crippen molar-refractivity contribution in [3.63, 3.8) is 0 Å². The van der Waals surface area contributed by atoms with E-state index in [0.717, 1.165) is 11.2 Å². The van der Waals surface area contributed by atoms with Gasteiger partial charge in [0.1, 0.15) is 0 Å². The monoisotopic (exact) mass is 471 g/mol. The van der Waals surface area contributed by atoms with Gasteiger partial charge in [0.15, 0.2) is 11.0 Å². The van der Waals surface area contributed by atoms with E-state index in [1.807, 2.05) is 0 Å². The molecule has 6 aromatic carbocycles. The maximum Gasteiger partial charge on any atom is 0.284 e. The van der Waals surface area contributed by atoms with Crippen LogP contribution in [0.4, 0.5) is 0 Å². The topological polar surface area (TPSA) is 19.9 Å². The lowest BCUT2D eigenvalue weighted by molar-refractivity contribution is -0.480. The Labute approximate surface area is 214 Å². The van der Waals surface area contributed by atoms with Crippen molar-refractivity contribution in [2.24, 2.45) is 0 Å². The van der Waals surface area contributed by atoms with Crippen molar-refractivity contribution in [3.05, 3.63) is 134 Å². The van der Waals surface area contributed by atoms with E-state index in [0.29, 0.717) is 0 Å².